The van der Waals surface area contributed by atoms with Crippen LogP contribution in [0.25, 0.3) is 0 Å². The fourth-order valence-corrected chi connectivity index (χ4v) is 3.38. The minimum Gasteiger partial charge on any atom is -0.369 e. The molecule has 0 radical (unpaired) electrons. The highest BCUT2D eigenvalue weighted by atomic mass is 79.9. The van der Waals surface area contributed by atoms with Crippen molar-refractivity contribution in [2.45, 2.75) is 46.2 Å². The maximum Gasteiger partial charge on any atom is 0.283 e. The number of anilines is 1. The molecule has 1 fully saturated rings. The monoisotopic (exact) mass is 356 g/mol. The van der Waals surface area contributed by atoms with Gasteiger partial charge in [0.1, 0.15) is 4.47 Å². The molecule has 6 heteroatoms. The second-order valence-electron chi connectivity index (χ2n) is 6.41. The number of hydrogen-bond donors (Lipinski definition) is 1. The number of hydrogen-bond acceptors (Lipinski definition) is 4. The molecule has 1 aromatic heterocycles. The van der Waals surface area contributed by atoms with E-state index in [4.69, 9.17) is 5.73 Å². The van der Waals surface area contributed by atoms with E-state index in [9.17, 15) is 4.79 Å². The predicted octanol–water partition coefficient (Wildman–Crippen LogP) is 2.23. The molecule has 2 rings (SSSR count). The van der Waals surface area contributed by atoms with Crippen LogP contribution in [0.4, 0.5) is 5.69 Å². The second-order valence-corrected chi connectivity index (χ2v) is 7.20. The molecule has 1 aliphatic rings. The van der Waals surface area contributed by atoms with Crippen molar-refractivity contribution in [3.63, 3.8) is 0 Å². The Labute approximate surface area is 134 Å². The zero-order chi connectivity index (χ0) is 15.6. The number of aromatic nitrogens is 2. The lowest BCUT2D eigenvalue weighted by molar-refractivity contribution is 0.354. The van der Waals surface area contributed by atoms with Crippen molar-refractivity contribution in [1.82, 2.24) is 9.78 Å². The van der Waals surface area contributed by atoms with Crippen LogP contribution in [0.1, 0.15) is 33.6 Å². The summed E-state index contributed by atoms with van der Waals surface area (Å²) in [5.74, 6) is 0.976. The van der Waals surface area contributed by atoms with Crippen molar-refractivity contribution < 1.29 is 0 Å². The average molecular weight is 357 g/mol. The fourth-order valence-electron chi connectivity index (χ4n) is 2.82. The molecule has 1 saturated heterocycles. The van der Waals surface area contributed by atoms with Crippen molar-refractivity contribution in [2.24, 2.45) is 17.6 Å². The molecule has 118 valence electrons. The van der Waals surface area contributed by atoms with E-state index in [-0.39, 0.29) is 11.6 Å². The highest BCUT2D eigenvalue weighted by molar-refractivity contribution is 9.10. The van der Waals surface area contributed by atoms with Crippen LogP contribution in [-0.4, -0.2) is 28.9 Å². The molecule has 0 bridgehead atoms. The summed E-state index contributed by atoms with van der Waals surface area (Å²) in [5.41, 5.74) is 6.84. The van der Waals surface area contributed by atoms with Gasteiger partial charge >= 0.3 is 0 Å². The number of nitrogens with zero attached hydrogens (tertiary/aromatic N) is 3. The molecule has 1 aromatic rings. The van der Waals surface area contributed by atoms with Gasteiger partial charge in [0.05, 0.1) is 11.9 Å². The van der Waals surface area contributed by atoms with Crippen LogP contribution < -0.4 is 16.2 Å². The fraction of sp³-hybridized carbons (Fsp3) is 0.733. The van der Waals surface area contributed by atoms with E-state index in [2.05, 4.69) is 46.7 Å². The van der Waals surface area contributed by atoms with Gasteiger partial charge in [0.2, 0.25) is 0 Å². The Morgan fingerprint density at radius 2 is 2.00 bits per heavy atom. The Kier molecular flexibility index (Phi) is 5.43. The lowest BCUT2D eigenvalue weighted by Crippen LogP contribution is -2.40. The zero-order valence-electron chi connectivity index (χ0n) is 13.1. The maximum atomic E-state index is 12.3. The third-order valence-corrected chi connectivity index (χ3v) is 4.87. The molecule has 0 amide bonds. The zero-order valence-corrected chi connectivity index (χ0v) is 14.6. The van der Waals surface area contributed by atoms with Crippen molar-refractivity contribution in [3.05, 3.63) is 21.0 Å². The molecular formula is C15H25BrN4O. The van der Waals surface area contributed by atoms with E-state index < -0.39 is 0 Å². The van der Waals surface area contributed by atoms with Gasteiger partial charge in [0.15, 0.2) is 0 Å². The van der Waals surface area contributed by atoms with E-state index in [0.29, 0.717) is 22.9 Å². The Balaban J connectivity index is 2.15. The number of piperidine rings is 1. The first-order chi connectivity index (χ1) is 9.90. The molecule has 1 aliphatic heterocycles. The van der Waals surface area contributed by atoms with E-state index in [1.807, 2.05) is 0 Å². The molecule has 1 atom stereocenters. The van der Waals surface area contributed by atoms with Crippen LogP contribution in [0, 0.1) is 11.8 Å². The lowest BCUT2D eigenvalue weighted by Gasteiger charge is -2.35. The van der Waals surface area contributed by atoms with Gasteiger partial charge in [-0.2, -0.15) is 5.10 Å². The van der Waals surface area contributed by atoms with Gasteiger partial charge in [-0.1, -0.05) is 13.8 Å². The first kappa shape index (κ1) is 16.5. The SMILES string of the molecule is CC(C)Cn1ncc(N2CCC(C(C)N)CC2)c(Br)c1=O. The smallest absolute Gasteiger partial charge is 0.283 e. The van der Waals surface area contributed by atoms with Gasteiger partial charge in [-0.3, -0.25) is 4.79 Å². The summed E-state index contributed by atoms with van der Waals surface area (Å²) < 4.78 is 2.16. The molecular weight excluding hydrogens is 332 g/mol. The summed E-state index contributed by atoms with van der Waals surface area (Å²) in [6.07, 6.45) is 3.94. The van der Waals surface area contributed by atoms with Crippen molar-refractivity contribution in [3.8, 4) is 0 Å². The predicted molar refractivity (Wildman–Crippen MR) is 89.6 cm³/mol. The van der Waals surface area contributed by atoms with Crippen LogP contribution in [-0.2, 0) is 6.54 Å². The molecule has 2 N–H and O–H groups in total. The van der Waals surface area contributed by atoms with E-state index in [1.165, 1.54) is 4.68 Å². The number of nitrogens with two attached hydrogens (primary N) is 1. The molecule has 0 aliphatic carbocycles. The van der Waals surface area contributed by atoms with E-state index >= 15 is 0 Å². The third kappa shape index (κ3) is 3.86. The summed E-state index contributed by atoms with van der Waals surface area (Å²) in [7, 11) is 0. The molecule has 1 unspecified atom stereocenters. The minimum atomic E-state index is -0.0458. The largest absolute Gasteiger partial charge is 0.369 e. The van der Waals surface area contributed by atoms with Gasteiger partial charge in [0, 0.05) is 25.7 Å². The summed E-state index contributed by atoms with van der Waals surface area (Å²) >= 11 is 3.46. The molecule has 0 spiro atoms. The number of rotatable bonds is 4. The van der Waals surface area contributed by atoms with Crippen molar-refractivity contribution in [1.29, 1.82) is 0 Å². The van der Waals surface area contributed by atoms with Gasteiger partial charge in [-0.25, -0.2) is 4.68 Å². The average Bonchev–Trinajstić information content (AvgIpc) is 2.44. The topological polar surface area (TPSA) is 64.2 Å². The summed E-state index contributed by atoms with van der Waals surface area (Å²) in [5, 5.41) is 4.32. The highest BCUT2D eigenvalue weighted by Crippen LogP contribution is 2.27. The Morgan fingerprint density at radius 3 is 2.52 bits per heavy atom. The second kappa shape index (κ2) is 6.92. The maximum absolute atomic E-state index is 12.3. The lowest BCUT2D eigenvalue weighted by atomic mass is 9.91. The first-order valence-electron chi connectivity index (χ1n) is 7.66. The Morgan fingerprint density at radius 1 is 1.38 bits per heavy atom. The van der Waals surface area contributed by atoms with Crippen LogP contribution >= 0.6 is 15.9 Å². The van der Waals surface area contributed by atoms with Gasteiger partial charge < -0.3 is 10.6 Å². The van der Waals surface area contributed by atoms with Crippen LogP contribution in [0.15, 0.2) is 15.5 Å². The highest BCUT2D eigenvalue weighted by Gasteiger charge is 2.24. The minimum absolute atomic E-state index is 0.0458. The van der Waals surface area contributed by atoms with Gasteiger partial charge in [-0.15, -0.1) is 0 Å². The Hall–Kier alpha value is -0.880. The quantitative estimate of drug-likeness (QED) is 0.898. The molecule has 5 nitrogen and oxygen atoms in total. The third-order valence-electron chi connectivity index (χ3n) is 4.13. The molecule has 2 heterocycles. The summed E-state index contributed by atoms with van der Waals surface area (Å²) in [6.45, 7) is 8.74. The normalized spacial score (nSPS) is 18.3. The van der Waals surface area contributed by atoms with E-state index in [0.717, 1.165) is 31.6 Å². The van der Waals surface area contributed by atoms with Crippen LogP contribution in [0.5, 0.6) is 0 Å². The van der Waals surface area contributed by atoms with Crippen molar-refractivity contribution in [2.75, 3.05) is 18.0 Å². The summed E-state index contributed by atoms with van der Waals surface area (Å²) in [6, 6.07) is 0.243. The molecule has 0 saturated carbocycles. The number of halogens is 1. The van der Waals surface area contributed by atoms with E-state index in [1.54, 1.807) is 6.20 Å². The van der Waals surface area contributed by atoms with Gasteiger partial charge in [0.25, 0.3) is 5.56 Å². The van der Waals surface area contributed by atoms with Gasteiger partial charge in [-0.05, 0) is 47.5 Å². The first-order valence-corrected chi connectivity index (χ1v) is 8.45. The van der Waals surface area contributed by atoms with Crippen LogP contribution in [0.3, 0.4) is 0 Å². The van der Waals surface area contributed by atoms with Crippen molar-refractivity contribution >= 4 is 21.6 Å². The van der Waals surface area contributed by atoms with Crippen LogP contribution in [0.2, 0.25) is 0 Å². The summed E-state index contributed by atoms with van der Waals surface area (Å²) in [4.78, 5) is 14.6. The molecule has 21 heavy (non-hydrogen) atoms. The Bertz CT molecular complexity index is 533. The molecule has 0 aromatic carbocycles. The standard InChI is InChI=1S/C15H25BrN4O/c1-10(2)9-20-15(21)14(16)13(8-18-20)19-6-4-12(5-7-19)11(3)17/h8,10-12H,4-7,9,17H2,1-3H3.